The summed E-state index contributed by atoms with van der Waals surface area (Å²) in [6, 6.07) is 38.6. The normalized spacial score (nSPS) is 11.8. The summed E-state index contributed by atoms with van der Waals surface area (Å²) in [5.41, 5.74) is 3.68. The minimum atomic E-state index is 0.851. The molecule has 0 unspecified atom stereocenters. The van der Waals surface area contributed by atoms with Gasteiger partial charge in [0.05, 0.1) is 11.0 Å². The van der Waals surface area contributed by atoms with Crippen molar-refractivity contribution in [1.82, 2.24) is 4.98 Å². The largest absolute Gasteiger partial charge is 0.453 e. The number of H-pyrrole nitrogens is 1. The number of hydrogen-bond donors (Lipinski definition) is 1. The van der Waals surface area contributed by atoms with Crippen LogP contribution in [-0.4, -0.2) is 4.98 Å². The summed E-state index contributed by atoms with van der Waals surface area (Å²) in [7, 11) is 0. The molecular formula is C30H19NO. The van der Waals surface area contributed by atoms with Crippen LogP contribution < -0.4 is 0 Å². The predicted molar refractivity (Wildman–Crippen MR) is 136 cm³/mol. The Kier molecular flexibility index (Phi) is 3.58. The Labute approximate surface area is 184 Å². The maximum atomic E-state index is 6.33. The SMILES string of the molecule is c1ccc2oc3cc4c5ccccc5c5ccccc5c5ccccc5c4cc3[nH]c2c1. The standard InChI is InChI=1S/C30H19NO/c1-2-10-20-19(9-1)21-11-3-5-13-23(21)25-17-28-30(32-29-16-8-7-15-27(29)31-28)18-26(25)24-14-6-4-12-22(20)24/h1-18,31H. The third kappa shape index (κ3) is 2.47. The van der Waals surface area contributed by atoms with Crippen molar-refractivity contribution in [2.24, 2.45) is 0 Å². The fourth-order valence-corrected chi connectivity index (χ4v) is 4.99. The zero-order valence-corrected chi connectivity index (χ0v) is 17.3. The molecule has 0 aliphatic carbocycles. The van der Waals surface area contributed by atoms with Gasteiger partial charge >= 0.3 is 0 Å². The second-order valence-electron chi connectivity index (χ2n) is 8.25. The molecule has 7 rings (SSSR count). The first kappa shape index (κ1) is 17.4. The number of benzene rings is 5. The average Bonchev–Trinajstić information content (AvgIpc) is 2.86. The minimum absolute atomic E-state index is 0.851. The summed E-state index contributed by atoms with van der Waals surface area (Å²) in [5, 5.41) is 9.83. The van der Waals surface area contributed by atoms with Crippen LogP contribution in [0.15, 0.2) is 114 Å². The molecule has 0 aliphatic rings. The van der Waals surface area contributed by atoms with E-state index in [1.165, 1.54) is 43.1 Å². The van der Waals surface area contributed by atoms with Gasteiger partial charge in [0.1, 0.15) is 0 Å². The van der Waals surface area contributed by atoms with Crippen molar-refractivity contribution in [3.8, 4) is 0 Å². The molecule has 0 aliphatic heterocycles. The molecule has 7 aromatic rings. The maximum absolute atomic E-state index is 6.33. The molecule has 0 spiro atoms. The summed E-state index contributed by atoms with van der Waals surface area (Å²) in [6.45, 7) is 0. The number of fused-ring (bicyclic) bond motifs is 10. The molecule has 0 bridgehead atoms. The van der Waals surface area contributed by atoms with Gasteiger partial charge in [-0.25, -0.2) is 0 Å². The van der Waals surface area contributed by atoms with E-state index in [4.69, 9.17) is 4.42 Å². The molecule has 1 N–H and O–H groups in total. The van der Waals surface area contributed by atoms with Crippen LogP contribution in [0.5, 0.6) is 0 Å². The number of aromatic amines is 1. The van der Waals surface area contributed by atoms with E-state index in [2.05, 4.69) is 96.0 Å². The third-order valence-corrected chi connectivity index (χ3v) is 6.44. The molecular weight excluding hydrogens is 390 g/mol. The molecule has 0 atom stereocenters. The summed E-state index contributed by atoms with van der Waals surface area (Å²) < 4.78 is 6.33. The lowest BCUT2D eigenvalue weighted by Crippen LogP contribution is -1.86. The summed E-state index contributed by atoms with van der Waals surface area (Å²) in [6.07, 6.45) is 0. The van der Waals surface area contributed by atoms with Crippen LogP contribution in [0.2, 0.25) is 0 Å². The monoisotopic (exact) mass is 409 g/mol. The molecule has 150 valence electrons. The van der Waals surface area contributed by atoms with Gasteiger partial charge in [0.25, 0.3) is 0 Å². The number of aromatic nitrogens is 1. The summed E-state index contributed by atoms with van der Waals surface area (Å²) in [4.78, 5) is 3.58. The van der Waals surface area contributed by atoms with Crippen LogP contribution >= 0.6 is 0 Å². The first-order valence-corrected chi connectivity index (χ1v) is 10.9. The van der Waals surface area contributed by atoms with E-state index in [1.807, 2.05) is 18.2 Å². The smallest absolute Gasteiger partial charge is 0.151 e. The van der Waals surface area contributed by atoms with Crippen molar-refractivity contribution < 1.29 is 4.42 Å². The van der Waals surface area contributed by atoms with Crippen LogP contribution in [0.25, 0.3) is 65.3 Å². The number of nitrogens with one attached hydrogen (secondary N) is 1. The molecule has 1 heterocycles. The van der Waals surface area contributed by atoms with E-state index in [1.54, 1.807) is 0 Å². The Balaban J connectivity index is 1.85. The highest BCUT2D eigenvalue weighted by atomic mass is 16.3. The Morgan fingerprint density at radius 1 is 0.375 bits per heavy atom. The molecule has 0 amide bonds. The summed E-state index contributed by atoms with van der Waals surface area (Å²) >= 11 is 0. The van der Waals surface area contributed by atoms with Gasteiger partial charge in [0, 0.05) is 0 Å². The summed E-state index contributed by atoms with van der Waals surface area (Å²) in [5.74, 6) is 0. The van der Waals surface area contributed by atoms with Crippen LogP contribution in [0.1, 0.15) is 0 Å². The molecule has 0 fully saturated rings. The van der Waals surface area contributed by atoms with Crippen LogP contribution in [0, 0.1) is 0 Å². The van der Waals surface area contributed by atoms with Gasteiger partial charge in [-0.15, -0.1) is 0 Å². The quantitative estimate of drug-likeness (QED) is 0.249. The highest BCUT2D eigenvalue weighted by Crippen LogP contribution is 2.37. The van der Waals surface area contributed by atoms with Crippen molar-refractivity contribution in [2.45, 2.75) is 0 Å². The zero-order valence-electron chi connectivity index (χ0n) is 17.3. The molecule has 32 heavy (non-hydrogen) atoms. The maximum Gasteiger partial charge on any atom is 0.151 e. The lowest BCUT2D eigenvalue weighted by Gasteiger charge is -2.11. The molecule has 0 saturated heterocycles. The van der Waals surface area contributed by atoms with E-state index in [0.29, 0.717) is 0 Å². The highest BCUT2D eigenvalue weighted by molar-refractivity contribution is 6.26. The van der Waals surface area contributed by atoms with Gasteiger partial charge in [-0.3, -0.25) is 0 Å². The van der Waals surface area contributed by atoms with E-state index in [0.717, 1.165) is 22.2 Å². The van der Waals surface area contributed by atoms with Gasteiger partial charge < -0.3 is 9.40 Å². The van der Waals surface area contributed by atoms with Crippen molar-refractivity contribution in [3.05, 3.63) is 109 Å². The molecule has 0 radical (unpaired) electrons. The van der Waals surface area contributed by atoms with Gasteiger partial charge in [-0.1, -0.05) is 84.9 Å². The molecule has 6 aromatic carbocycles. The lowest BCUT2D eigenvalue weighted by molar-refractivity contribution is 0.657. The lowest BCUT2D eigenvalue weighted by atomic mass is 9.94. The van der Waals surface area contributed by atoms with Crippen LogP contribution in [-0.2, 0) is 0 Å². The third-order valence-electron chi connectivity index (χ3n) is 6.44. The van der Waals surface area contributed by atoms with Crippen molar-refractivity contribution >= 4 is 65.3 Å². The molecule has 2 nitrogen and oxygen atoms in total. The van der Waals surface area contributed by atoms with Gasteiger partial charge in [0.15, 0.2) is 11.2 Å². The van der Waals surface area contributed by atoms with Crippen LogP contribution in [0.4, 0.5) is 0 Å². The average molecular weight is 409 g/mol. The van der Waals surface area contributed by atoms with Gasteiger partial charge in [-0.2, -0.15) is 0 Å². The van der Waals surface area contributed by atoms with E-state index >= 15 is 0 Å². The fourth-order valence-electron chi connectivity index (χ4n) is 4.99. The zero-order chi connectivity index (χ0) is 21.1. The van der Waals surface area contributed by atoms with Crippen molar-refractivity contribution in [1.29, 1.82) is 0 Å². The Morgan fingerprint density at radius 2 is 0.812 bits per heavy atom. The van der Waals surface area contributed by atoms with E-state index in [-0.39, 0.29) is 0 Å². The number of hydrogen-bond acceptors (Lipinski definition) is 1. The Hall–Kier alpha value is -4.30. The number of para-hydroxylation sites is 2. The molecule has 1 aromatic heterocycles. The fraction of sp³-hybridized carbons (Fsp3) is 0. The molecule has 0 saturated carbocycles. The van der Waals surface area contributed by atoms with Crippen molar-refractivity contribution in [3.63, 3.8) is 0 Å². The minimum Gasteiger partial charge on any atom is -0.453 e. The molecule has 2 heteroatoms. The second kappa shape index (κ2) is 6.60. The topological polar surface area (TPSA) is 28.9 Å². The van der Waals surface area contributed by atoms with Crippen molar-refractivity contribution in [2.75, 3.05) is 0 Å². The highest BCUT2D eigenvalue weighted by Gasteiger charge is 2.10. The van der Waals surface area contributed by atoms with Crippen LogP contribution in [0.3, 0.4) is 0 Å². The second-order valence-corrected chi connectivity index (χ2v) is 8.25. The number of rotatable bonds is 0. The first-order valence-electron chi connectivity index (χ1n) is 10.9. The van der Waals surface area contributed by atoms with E-state index < -0.39 is 0 Å². The first-order chi connectivity index (χ1) is 15.9. The van der Waals surface area contributed by atoms with Gasteiger partial charge in [0.2, 0.25) is 0 Å². The Bertz CT molecular complexity index is 1750. The van der Waals surface area contributed by atoms with Gasteiger partial charge in [-0.05, 0) is 67.4 Å². The predicted octanol–water partition coefficient (Wildman–Crippen LogP) is 8.65. The van der Waals surface area contributed by atoms with E-state index in [9.17, 15) is 0 Å². The Morgan fingerprint density at radius 3 is 1.38 bits per heavy atom.